The number of aliphatic carboxylic acids is 1. The van der Waals surface area contributed by atoms with E-state index in [1.807, 2.05) is 6.92 Å². The van der Waals surface area contributed by atoms with Gasteiger partial charge in [0.05, 0.1) is 4.90 Å². The molecule has 2 N–H and O–H groups in total. The maximum Gasteiger partial charge on any atom is 0.341 e. The highest BCUT2D eigenvalue weighted by Crippen LogP contribution is 2.32. The largest absolute Gasteiger partial charge is 0.482 e. The SMILES string of the molecule is CC1(NS(=O)(=O)c2ccc(OCC(=O)O)cc2)CCC1. The smallest absolute Gasteiger partial charge is 0.341 e. The molecule has 0 saturated heterocycles. The summed E-state index contributed by atoms with van der Waals surface area (Å²) in [5.41, 5.74) is -0.350. The molecule has 0 aliphatic heterocycles. The van der Waals surface area contributed by atoms with Crippen LogP contribution in [-0.2, 0) is 14.8 Å². The lowest BCUT2D eigenvalue weighted by atomic mass is 9.80. The zero-order valence-electron chi connectivity index (χ0n) is 11.1. The maximum atomic E-state index is 12.2. The van der Waals surface area contributed by atoms with E-state index in [1.54, 1.807) is 0 Å². The lowest BCUT2D eigenvalue weighted by Gasteiger charge is -2.38. The van der Waals surface area contributed by atoms with E-state index in [1.165, 1.54) is 24.3 Å². The van der Waals surface area contributed by atoms with Gasteiger partial charge >= 0.3 is 5.97 Å². The van der Waals surface area contributed by atoms with Gasteiger partial charge < -0.3 is 9.84 Å². The number of carboxylic acids is 1. The Balaban J connectivity index is 2.06. The molecule has 0 unspecified atom stereocenters. The number of carbonyl (C=O) groups is 1. The Kier molecular flexibility index (Phi) is 4.01. The molecule has 0 atom stereocenters. The first-order valence-electron chi connectivity index (χ1n) is 6.29. The van der Waals surface area contributed by atoms with E-state index in [9.17, 15) is 13.2 Å². The van der Waals surface area contributed by atoms with E-state index < -0.39 is 22.6 Å². The summed E-state index contributed by atoms with van der Waals surface area (Å²) < 4.78 is 32.0. The Morgan fingerprint density at radius 3 is 2.40 bits per heavy atom. The predicted molar refractivity (Wildman–Crippen MR) is 72.2 cm³/mol. The Morgan fingerprint density at radius 2 is 1.95 bits per heavy atom. The molecule has 0 heterocycles. The van der Waals surface area contributed by atoms with Crippen LogP contribution in [0.15, 0.2) is 29.2 Å². The van der Waals surface area contributed by atoms with Crippen molar-refractivity contribution in [3.8, 4) is 5.75 Å². The molecule has 0 spiro atoms. The molecule has 0 aromatic heterocycles. The summed E-state index contributed by atoms with van der Waals surface area (Å²) >= 11 is 0. The van der Waals surface area contributed by atoms with Crippen LogP contribution in [-0.4, -0.2) is 31.6 Å². The quantitative estimate of drug-likeness (QED) is 0.827. The molecule has 0 radical (unpaired) electrons. The Bertz CT molecular complexity index is 590. The monoisotopic (exact) mass is 299 g/mol. The average Bonchev–Trinajstić information content (AvgIpc) is 2.34. The van der Waals surface area contributed by atoms with E-state index in [4.69, 9.17) is 9.84 Å². The van der Waals surface area contributed by atoms with Gasteiger partial charge in [0.15, 0.2) is 6.61 Å². The predicted octanol–water partition coefficient (Wildman–Crippen LogP) is 1.37. The second-order valence-electron chi connectivity index (χ2n) is 5.17. The van der Waals surface area contributed by atoms with Crippen molar-refractivity contribution in [2.24, 2.45) is 0 Å². The number of benzene rings is 1. The lowest BCUT2D eigenvalue weighted by molar-refractivity contribution is -0.139. The van der Waals surface area contributed by atoms with Crippen LogP contribution < -0.4 is 9.46 Å². The van der Waals surface area contributed by atoms with Crippen LogP contribution >= 0.6 is 0 Å². The number of hydrogen-bond donors (Lipinski definition) is 2. The summed E-state index contributed by atoms with van der Waals surface area (Å²) in [6.45, 7) is 1.43. The minimum atomic E-state index is -3.55. The van der Waals surface area contributed by atoms with E-state index in [-0.39, 0.29) is 10.4 Å². The van der Waals surface area contributed by atoms with Crippen molar-refractivity contribution in [1.82, 2.24) is 4.72 Å². The molecule has 1 aliphatic rings. The Hall–Kier alpha value is -1.60. The number of hydrogen-bond acceptors (Lipinski definition) is 4. The Labute approximate surface area is 117 Å². The molecule has 7 heteroatoms. The van der Waals surface area contributed by atoms with Gasteiger partial charge in [0.2, 0.25) is 10.0 Å². The number of nitrogens with one attached hydrogen (secondary N) is 1. The van der Waals surface area contributed by atoms with Crippen LogP contribution in [0.25, 0.3) is 0 Å². The first-order chi connectivity index (χ1) is 9.31. The number of sulfonamides is 1. The fourth-order valence-electron chi connectivity index (χ4n) is 2.05. The summed E-state index contributed by atoms with van der Waals surface area (Å²) in [6, 6.07) is 5.70. The molecule has 1 saturated carbocycles. The maximum absolute atomic E-state index is 12.2. The standard InChI is InChI=1S/C13H17NO5S/c1-13(7-2-8-13)14-20(17,18)11-5-3-10(4-6-11)19-9-12(15)16/h3-6,14H,2,7-9H2,1H3,(H,15,16). The molecule has 2 rings (SSSR count). The fourth-order valence-corrected chi connectivity index (χ4v) is 3.52. The van der Waals surface area contributed by atoms with Gasteiger partial charge in [0, 0.05) is 5.54 Å². The first-order valence-corrected chi connectivity index (χ1v) is 7.78. The van der Waals surface area contributed by atoms with E-state index >= 15 is 0 Å². The molecular weight excluding hydrogens is 282 g/mol. The van der Waals surface area contributed by atoms with Crippen molar-refractivity contribution in [3.05, 3.63) is 24.3 Å². The summed E-state index contributed by atoms with van der Waals surface area (Å²) in [5, 5.41) is 8.49. The molecule has 20 heavy (non-hydrogen) atoms. The van der Waals surface area contributed by atoms with Crippen LogP contribution in [0.4, 0.5) is 0 Å². The van der Waals surface area contributed by atoms with Crippen LogP contribution in [0.2, 0.25) is 0 Å². The van der Waals surface area contributed by atoms with Crippen LogP contribution in [0.3, 0.4) is 0 Å². The molecule has 0 amide bonds. The third kappa shape index (κ3) is 3.49. The van der Waals surface area contributed by atoms with Crippen molar-refractivity contribution >= 4 is 16.0 Å². The van der Waals surface area contributed by atoms with E-state index in [0.29, 0.717) is 5.75 Å². The van der Waals surface area contributed by atoms with E-state index in [2.05, 4.69) is 4.72 Å². The van der Waals surface area contributed by atoms with Crippen molar-refractivity contribution in [2.45, 2.75) is 36.6 Å². The number of carboxylic acid groups (broad SMARTS) is 1. The van der Waals surface area contributed by atoms with Gasteiger partial charge in [-0.15, -0.1) is 0 Å². The van der Waals surface area contributed by atoms with Crippen LogP contribution in [0.1, 0.15) is 26.2 Å². The fraction of sp³-hybridized carbons (Fsp3) is 0.462. The highest BCUT2D eigenvalue weighted by atomic mass is 32.2. The van der Waals surface area contributed by atoms with Crippen LogP contribution in [0.5, 0.6) is 5.75 Å². The number of ether oxygens (including phenoxy) is 1. The molecule has 6 nitrogen and oxygen atoms in total. The first kappa shape index (κ1) is 14.8. The Morgan fingerprint density at radius 1 is 1.35 bits per heavy atom. The van der Waals surface area contributed by atoms with Crippen molar-refractivity contribution < 1.29 is 23.1 Å². The minimum absolute atomic E-state index is 0.147. The molecule has 1 aromatic rings. The zero-order valence-corrected chi connectivity index (χ0v) is 11.9. The molecule has 1 aliphatic carbocycles. The average molecular weight is 299 g/mol. The highest BCUT2D eigenvalue weighted by molar-refractivity contribution is 7.89. The second-order valence-corrected chi connectivity index (χ2v) is 6.86. The molecule has 0 bridgehead atoms. The summed E-state index contributed by atoms with van der Waals surface area (Å²) in [5.74, 6) is -0.762. The van der Waals surface area contributed by atoms with E-state index in [0.717, 1.165) is 19.3 Å². The van der Waals surface area contributed by atoms with Crippen molar-refractivity contribution in [1.29, 1.82) is 0 Å². The van der Waals surface area contributed by atoms with Gasteiger partial charge in [0.25, 0.3) is 0 Å². The van der Waals surface area contributed by atoms with Gasteiger partial charge in [-0.05, 0) is 50.5 Å². The van der Waals surface area contributed by atoms with Crippen molar-refractivity contribution in [3.63, 3.8) is 0 Å². The van der Waals surface area contributed by atoms with Crippen LogP contribution in [0, 0.1) is 0 Å². The normalized spacial score (nSPS) is 17.2. The summed E-state index contributed by atoms with van der Waals surface area (Å²) in [6.07, 6.45) is 2.71. The van der Waals surface area contributed by atoms with Gasteiger partial charge in [-0.2, -0.15) is 0 Å². The minimum Gasteiger partial charge on any atom is -0.482 e. The summed E-state index contributed by atoms with van der Waals surface area (Å²) in [7, 11) is -3.55. The van der Waals surface area contributed by atoms with Gasteiger partial charge in [-0.25, -0.2) is 17.9 Å². The summed E-state index contributed by atoms with van der Waals surface area (Å²) in [4.78, 5) is 10.5. The van der Waals surface area contributed by atoms with Gasteiger partial charge in [-0.3, -0.25) is 0 Å². The second kappa shape index (κ2) is 5.41. The third-order valence-corrected chi connectivity index (χ3v) is 4.99. The van der Waals surface area contributed by atoms with Gasteiger partial charge in [0.1, 0.15) is 5.75 Å². The van der Waals surface area contributed by atoms with Crippen molar-refractivity contribution in [2.75, 3.05) is 6.61 Å². The lowest BCUT2D eigenvalue weighted by Crippen LogP contribution is -2.50. The number of rotatable bonds is 6. The molecule has 110 valence electrons. The highest BCUT2D eigenvalue weighted by Gasteiger charge is 2.36. The molecule has 1 fully saturated rings. The topological polar surface area (TPSA) is 92.7 Å². The zero-order chi connectivity index (χ0) is 14.8. The van der Waals surface area contributed by atoms with Gasteiger partial charge in [-0.1, -0.05) is 0 Å². The molecule has 1 aromatic carbocycles. The molecular formula is C13H17NO5S. The third-order valence-electron chi connectivity index (χ3n) is 3.33.